The van der Waals surface area contributed by atoms with Crippen LogP contribution >= 0.6 is 11.3 Å². The number of carbonyl (C=O) groups is 1. The first-order chi connectivity index (χ1) is 13.1. The minimum absolute atomic E-state index is 0.0693. The minimum Gasteiger partial charge on any atom is -0.356 e. The van der Waals surface area contributed by atoms with Crippen LogP contribution in [0.5, 0.6) is 0 Å². The highest BCUT2D eigenvalue weighted by Crippen LogP contribution is 2.24. The first kappa shape index (κ1) is 19.6. The Bertz CT molecular complexity index is 877. The maximum Gasteiger partial charge on any atom is 0.225 e. The molecule has 3 aromatic rings. The summed E-state index contributed by atoms with van der Waals surface area (Å²) in [6, 6.07) is 8.36. The van der Waals surface area contributed by atoms with Crippen LogP contribution in [-0.2, 0) is 11.2 Å². The van der Waals surface area contributed by atoms with Crippen molar-refractivity contribution in [1.82, 2.24) is 19.6 Å². The van der Waals surface area contributed by atoms with E-state index in [2.05, 4.69) is 55.3 Å². The number of hydrogen-bond donors (Lipinski definition) is 1. The van der Waals surface area contributed by atoms with Gasteiger partial charge in [0.2, 0.25) is 5.91 Å². The van der Waals surface area contributed by atoms with Gasteiger partial charge in [0.25, 0.3) is 0 Å². The molecule has 0 aliphatic rings. The zero-order valence-corrected chi connectivity index (χ0v) is 17.2. The molecule has 0 fully saturated rings. The highest BCUT2D eigenvalue weighted by atomic mass is 32.1. The number of nitrogens with one attached hydrogen (secondary N) is 1. The van der Waals surface area contributed by atoms with Crippen LogP contribution in [0.4, 0.5) is 0 Å². The summed E-state index contributed by atoms with van der Waals surface area (Å²) in [6.45, 7) is 10.3. The fraction of sp³-hybridized carbons (Fsp3) is 0.429. The average molecular weight is 385 g/mol. The summed E-state index contributed by atoms with van der Waals surface area (Å²) in [6.07, 6.45) is 3.39. The molecule has 0 saturated carbocycles. The quantitative estimate of drug-likeness (QED) is 0.572. The van der Waals surface area contributed by atoms with Crippen LogP contribution in [0.25, 0.3) is 16.2 Å². The number of imidazole rings is 1. The summed E-state index contributed by atoms with van der Waals surface area (Å²) in [7, 11) is 0. The van der Waals surface area contributed by atoms with Gasteiger partial charge in [0.05, 0.1) is 12.1 Å². The Morgan fingerprint density at radius 2 is 1.96 bits per heavy atom. The highest BCUT2D eigenvalue weighted by molar-refractivity contribution is 7.15. The molecule has 1 amide bonds. The van der Waals surface area contributed by atoms with Gasteiger partial charge in [-0.05, 0) is 33.0 Å². The van der Waals surface area contributed by atoms with E-state index >= 15 is 0 Å². The summed E-state index contributed by atoms with van der Waals surface area (Å²) < 4.78 is 2.04. The third-order valence-electron chi connectivity index (χ3n) is 4.84. The Hall–Kier alpha value is -2.18. The maximum absolute atomic E-state index is 12.3. The molecule has 27 heavy (non-hydrogen) atoms. The second-order valence-corrected chi connectivity index (χ2v) is 7.62. The van der Waals surface area contributed by atoms with Crippen LogP contribution in [0.1, 0.15) is 31.5 Å². The number of nitrogens with zero attached hydrogens (tertiary/aromatic N) is 3. The predicted octanol–water partition coefficient (Wildman–Crippen LogP) is 3.76. The number of thiazole rings is 1. The van der Waals surface area contributed by atoms with Gasteiger partial charge in [-0.15, -0.1) is 11.3 Å². The summed E-state index contributed by atoms with van der Waals surface area (Å²) >= 11 is 1.58. The van der Waals surface area contributed by atoms with Crippen LogP contribution in [0.15, 0.2) is 35.8 Å². The Morgan fingerprint density at radius 3 is 2.67 bits per heavy atom. The third kappa shape index (κ3) is 4.96. The largest absolute Gasteiger partial charge is 0.356 e. The first-order valence-corrected chi connectivity index (χ1v) is 10.5. The van der Waals surface area contributed by atoms with Gasteiger partial charge in [-0.2, -0.15) is 0 Å². The molecule has 3 rings (SSSR count). The van der Waals surface area contributed by atoms with Crippen molar-refractivity contribution in [3.63, 3.8) is 0 Å². The van der Waals surface area contributed by atoms with Gasteiger partial charge in [0.15, 0.2) is 4.96 Å². The molecule has 0 saturated heterocycles. The molecule has 0 unspecified atom stereocenters. The molecule has 6 heteroatoms. The Kier molecular flexibility index (Phi) is 6.63. The number of rotatable bonds is 9. The van der Waals surface area contributed by atoms with Crippen LogP contribution in [0, 0.1) is 6.92 Å². The molecular weight excluding hydrogens is 356 g/mol. The molecular formula is C21H28N4OS. The van der Waals surface area contributed by atoms with Crippen molar-refractivity contribution in [3.05, 3.63) is 47.1 Å². The molecule has 0 atom stereocenters. The summed E-state index contributed by atoms with van der Waals surface area (Å²) in [5, 5.41) is 5.06. The van der Waals surface area contributed by atoms with Gasteiger partial charge in [0.1, 0.15) is 0 Å². The SMILES string of the molecule is CCN(CC)CCCNC(=O)Cc1csc2nc(-c3ccc(C)cc3)cn12. The molecule has 0 aliphatic heterocycles. The van der Waals surface area contributed by atoms with Gasteiger partial charge in [-0.25, -0.2) is 4.98 Å². The lowest BCUT2D eigenvalue weighted by atomic mass is 10.1. The molecule has 2 heterocycles. The zero-order chi connectivity index (χ0) is 19.2. The van der Waals surface area contributed by atoms with Gasteiger partial charge in [0, 0.05) is 29.4 Å². The molecule has 144 valence electrons. The lowest BCUT2D eigenvalue weighted by Crippen LogP contribution is -2.30. The standard InChI is InChI=1S/C21H28N4OS/c1-4-24(5-2)12-6-11-22-20(26)13-18-15-27-21-23-19(14-25(18)21)17-9-7-16(3)8-10-17/h7-10,14-15H,4-6,11-13H2,1-3H3,(H,22,26). The van der Waals surface area contributed by atoms with E-state index in [4.69, 9.17) is 4.98 Å². The first-order valence-electron chi connectivity index (χ1n) is 9.62. The van der Waals surface area contributed by atoms with Crippen LogP contribution in [0.2, 0.25) is 0 Å². The maximum atomic E-state index is 12.3. The van der Waals surface area contributed by atoms with Gasteiger partial charge in [-0.3, -0.25) is 9.20 Å². The van der Waals surface area contributed by atoms with Crippen LogP contribution < -0.4 is 5.32 Å². The fourth-order valence-corrected chi connectivity index (χ4v) is 3.99. The van der Waals surface area contributed by atoms with Crippen LogP contribution in [0.3, 0.4) is 0 Å². The van der Waals surface area contributed by atoms with E-state index in [0.717, 1.165) is 54.5 Å². The zero-order valence-electron chi connectivity index (χ0n) is 16.4. The molecule has 1 aromatic carbocycles. The molecule has 0 bridgehead atoms. The Balaban J connectivity index is 1.58. The van der Waals surface area contributed by atoms with E-state index in [1.165, 1.54) is 5.56 Å². The van der Waals surface area contributed by atoms with Crippen molar-refractivity contribution >= 4 is 22.2 Å². The predicted molar refractivity (Wildman–Crippen MR) is 112 cm³/mol. The van der Waals surface area contributed by atoms with Crippen molar-refractivity contribution in [2.24, 2.45) is 0 Å². The highest BCUT2D eigenvalue weighted by Gasteiger charge is 2.12. The van der Waals surface area contributed by atoms with Gasteiger partial charge in [-0.1, -0.05) is 43.7 Å². The second kappa shape index (κ2) is 9.15. The van der Waals surface area contributed by atoms with E-state index in [1.54, 1.807) is 11.3 Å². The van der Waals surface area contributed by atoms with Crippen LogP contribution in [-0.4, -0.2) is 46.4 Å². The van der Waals surface area contributed by atoms with Crippen molar-refractivity contribution in [1.29, 1.82) is 0 Å². The number of fused-ring (bicyclic) bond motifs is 1. The minimum atomic E-state index is 0.0693. The fourth-order valence-electron chi connectivity index (χ4n) is 3.12. The lowest BCUT2D eigenvalue weighted by Gasteiger charge is -2.17. The summed E-state index contributed by atoms with van der Waals surface area (Å²) in [5.74, 6) is 0.0693. The molecule has 1 N–H and O–H groups in total. The van der Waals surface area contributed by atoms with Crippen molar-refractivity contribution < 1.29 is 4.79 Å². The second-order valence-electron chi connectivity index (χ2n) is 6.78. The number of carbonyl (C=O) groups excluding carboxylic acids is 1. The summed E-state index contributed by atoms with van der Waals surface area (Å²) in [5.41, 5.74) is 4.27. The number of amides is 1. The average Bonchev–Trinajstić information content (AvgIpc) is 3.24. The van der Waals surface area contributed by atoms with E-state index in [0.29, 0.717) is 6.42 Å². The molecule has 0 aliphatic carbocycles. The monoisotopic (exact) mass is 384 g/mol. The topological polar surface area (TPSA) is 49.6 Å². The van der Waals surface area contributed by atoms with E-state index in [-0.39, 0.29) is 5.91 Å². The van der Waals surface area contributed by atoms with Crippen molar-refractivity contribution in [3.8, 4) is 11.3 Å². The number of aryl methyl sites for hydroxylation is 1. The van der Waals surface area contributed by atoms with Crippen molar-refractivity contribution in [2.75, 3.05) is 26.2 Å². The van der Waals surface area contributed by atoms with E-state index < -0.39 is 0 Å². The number of aromatic nitrogens is 2. The molecule has 2 aromatic heterocycles. The molecule has 5 nitrogen and oxygen atoms in total. The Morgan fingerprint density at radius 1 is 1.22 bits per heavy atom. The molecule has 0 radical (unpaired) electrons. The van der Waals surface area contributed by atoms with Gasteiger partial charge >= 0.3 is 0 Å². The lowest BCUT2D eigenvalue weighted by molar-refractivity contribution is -0.120. The summed E-state index contributed by atoms with van der Waals surface area (Å²) in [4.78, 5) is 20.3. The Labute approximate surface area is 165 Å². The smallest absolute Gasteiger partial charge is 0.225 e. The normalized spacial score (nSPS) is 11.4. The van der Waals surface area contributed by atoms with E-state index in [9.17, 15) is 4.79 Å². The van der Waals surface area contributed by atoms with Gasteiger partial charge < -0.3 is 10.2 Å². The number of hydrogen-bond acceptors (Lipinski definition) is 4. The van der Waals surface area contributed by atoms with Crippen molar-refractivity contribution in [2.45, 2.75) is 33.6 Å². The molecule has 0 spiro atoms. The third-order valence-corrected chi connectivity index (χ3v) is 5.73. The van der Waals surface area contributed by atoms with E-state index in [1.807, 2.05) is 16.0 Å². The number of benzene rings is 1.